The number of rotatable bonds is 4. The lowest BCUT2D eigenvalue weighted by Crippen LogP contribution is -2.11. The Morgan fingerprint density at radius 3 is 1.62 bits per heavy atom. The highest BCUT2D eigenvalue weighted by molar-refractivity contribution is 7.85. The Labute approximate surface area is 186 Å². The van der Waals surface area contributed by atoms with Crippen molar-refractivity contribution in [1.82, 2.24) is 0 Å². The third kappa shape index (κ3) is 4.43. The first-order valence-corrected chi connectivity index (χ1v) is 10.9. The van der Waals surface area contributed by atoms with Crippen LogP contribution in [0.5, 0.6) is 11.5 Å². The van der Waals surface area contributed by atoms with Gasteiger partial charge < -0.3 is 10.2 Å². The molecule has 0 saturated heterocycles. The molecule has 3 N–H and O–H groups in total. The van der Waals surface area contributed by atoms with Gasteiger partial charge in [-0.15, -0.1) is 0 Å². The molecule has 0 aromatic heterocycles. The maximum Gasteiger partial charge on any atom is 0.294 e. The van der Waals surface area contributed by atoms with Gasteiger partial charge in [-0.2, -0.15) is 8.42 Å². The van der Waals surface area contributed by atoms with Crippen molar-refractivity contribution < 1.29 is 23.2 Å². The van der Waals surface area contributed by atoms with Gasteiger partial charge in [0.2, 0.25) is 0 Å². The molecule has 0 spiro atoms. The number of halogens is 4. The van der Waals surface area contributed by atoms with Crippen LogP contribution in [0.3, 0.4) is 0 Å². The molecule has 0 aliphatic carbocycles. The second-order valence-corrected chi connectivity index (χ2v) is 9.17. The molecule has 0 aliphatic rings. The summed E-state index contributed by atoms with van der Waals surface area (Å²) in [4.78, 5) is -0.434. The molecule has 0 amide bonds. The number of hydrogen-bond donors (Lipinski definition) is 3. The summed E-state index contributed by atoms with van der Waals surface area (Å²) in [5, 5.41) is 21.3. The van der Waals surface area contributed by atoms with Gasteiger partial charge >= 0.3 is 0 Å². The van der Waals surface area contributed by atoms with Crippen LogP contribution in [0.15, 0.2) is 53.4 Å². The fraction of sp³-hybridized carbons (Fsp3) is 0.0526. The second-order valence-electron chi connectivity index (χ2n) is 6.10. The van der Waals surface area contributed by atoms with Gasteiger partial charge in [-0.1, -0.05) is 64.6 Å². The maximum atomic E-state index is 12.0. The summed E-state index contributed by atoms with van der Waals surface area (Å²) in [5.41, 5.74) is 0.191. The zero-order valence-corrected chi connectivity index (χ0v) is 18.1. The fourth-order valence-electron chi connectivity index (χ4n) is 3.07. The number of hydrogen-bond acceptors (Lipinski definition) is 4. The molecule has 0 unspecified atom stereocenters. The van der Waals surface area contributed by atoms with E-state index in [1.807, 2.05) is 0 Å². The summed E-state index contributed by atoms with van der Waals surface area (Å²) >= 11 is 24.3. The zero-order valence-electron chi connectivity index (χ0n) is 14.3. The van der Waals surface area contributed by atoms with Gasteiger partial charge in [0.1, 0.15) is 11.5 Å². The van der Waals surface area contributed by atoms with Crippen LogP contribution < -0.4 is 0 Å². The smallest absolute Gasteiger partial charge is 0.294 e. The average Bonchev–Trinajstić information content (AvgIpc) is 2.62. The summed E-state index contributed by atoms with van der Waals surface area (Å²) in [5.74, 6) is -1.91. The first kappa shape index (κ1) is 22.0. The summed E-state index contributed by atoms with van der Waals surface area (Å²) in [6.45, 7) is 0. The fourth-order valence-corrected chi connectivity index (χ4v) is 4.82. The highest BCUT2D eigenvalue weighted by Crippen LogP contribution is 2.47. The lowest BCUT2D eigenvalue weighted by Gasteiger charge is -2.24. The Hall–Kier alpha value is -1.67. The minimum atomic E-state index is -4.66. The maximum absolute atomic E-state index is 12.0. The topological polar surface area (TPSA) is 94.8 Å². The van der Waals surface area contributed by atoms with Gasteiger partial charge in [0.15, 0.2) is 0 Å². The normalized spacial score (nSPS) is 11.8. The average molecular weight is 494 g/mol. The van der Waals surface area contributed by atoms with Crippen LogP contribution in [0.2, 0.25) is 20.1 Å². The summed E-state index contributed by atoms with van der Waals surface area (Å²) < 4.78 is 33.7. The Balaban J connectivity index is 2.47. The van der Waals surface area contributed by atoms with Crippen LogP contribution in [0.4, 0.5) is 0 Å². The van der Waals surface area contributed by atoms with Crippen LogP contribution in [0.1, 0.15) is 22.6 Å². The molecular weight excluding hydrogens is 482 g/mol. The zero-order chi connectivity index (χ0) is 21.5. The number of phenols is 2. The SMILES string of the molecule is O=S(=O)(O)c1ccccc1C(c1cc(Cl)cc(Cl)c1O)c1cc(Cl)cc(Cl)c1O. The van der Waals surface area contributed by atoms with Crippen LogP contribution >= 0.6 is 46.4 Å². The van der Waals surface area contributed by atoms with Crippen molar-refractivity contribution in [3.05, 3.63) is 85.3 Å². The van der Waals surface area contributed by atoms with E-state index in [1.54, 1.807) is 0 Å². The molecule has 10 heteroatoms. The summed E-state index contributed by atoms with van der Waals surface area (Å²) in [7, 11) is -4.66. The van der Waals surface area contributed by atoms with E-state index < -0.39 is 20.9 Å². The van der Waals surface area contributed by atoms with Gasteiger partial charge in [0.05, 0.1) is 14.9 Å². The number of phenolic OH excluding ortho intramolecular Hbond substituents is 2. The molecule has 5 nitrogen and oxygen atoms in total. The highest BCUT2D eigenvalue weighted by Gasteiger charge is 2.30. The largest absolute Gasteiger partial charge is 0.506 e. The van der Waals surface area contributed by atoms with Crippen molar-refractivity contribution in [1.29, 1.82) is 0 Å². The van der Waals surface area contributed by atoms with E-state index in [0.717, 1.165) is 0 Å². The molecule has 3 rings (SSSR count). The van der Waals surface area contributed by atoms with Crippen molar-refractivity contribution in [2.45, 2.75) is 10.8 Å². The Kier molecular flexibility index (Phi) is 6.24. The number of aromatic hydroxyl groups is 2. The van der Waals surface area contributed by atoms with E-state index in [0.29, 0.717) is 0 Å². The molecule has 29 heavy (non-hydrogen) atoms. The lowest BCUT2D eigenvalue weighted by molar-refractivity contribution is 0.457. The van der Waals surface area contributed by atoms with E-state index >= 15 is 0 Å². The Bertz CT molecular complexity index is 1150. The minimum Gasteiger partial charge on any atom is -0.506 e. The molecule has 0 atom stereocenters. The van der Waals surface area contributed by atoms with Crippen LogP contribution in [-0.4, -0.2) is 23.2 Å². The van der Waals surface area contributed by atoms with Gasteiger partial charge in [-0.05, 0) is 35.9 Å². The number of benzene rings is 3. The van der Waals surface area contributed by atoms with E-state index in [1.165, 1.54) is 48.5 Å². The molecule has 0 heterocycles. The van der Waals surface area contributed by atoms with Crippen molar-refractivity contribution in [3.63, 3.8) is 0 Å². The second kappa shape index (κ2) is 8.22. The van der Waals surface area contributed by atoms with Crippen LogP contribution in [0, 0.1) is 0 Å². The standard InChI is InChI=1S/C19H12Cl4O5S/c20-9-5-12(18(24)14(22)7-9)17(13-6-10(21)8-15(23)19(13)25)11-3-1-2-4-16(11)29(26,27)28/h1-8,17,24-25H,(H,26,27,28). The molecule has 152 valence electrons. The lowest BCUT2D eigenvalue weighted by atomic mass is 9.84. The Morgan fingerprint density at radius 2 is 1.17 bits per heavy atom. The van der Waals surface area contributed by atoms with Crippen LogP contribution in [-0.2, 0) is 10.1 Å². The first-order chi connectivity index (χ1) is 13.5. The highest BCUT2D eigenvalue weighted by atomic mass is 35.5. The molecule has 0 radical (unpaired) electrons. The van der Waals surface area contributed by atoms with Crippen molar-refractivity contribution in [3.8, 4) is 11.5 Å². The first-order valence-electron chi connectivity index (χ1n) is 7.93. The molecule has 0 bridgehead atoms. The third-order valence-electron chi connectivity index (χ3n) is 4.25. The van der Waals surface area contributed by atoms with Crippen molar-refractivity contribution >= 4 is 56.5 Å². The Morgan fingerprint density at radius 1 is 0.724 bits per heavy atom. The van der Waals surface area contributed by atoms with Gasteiger partial charge in [0, 0.05) is 27.1 Å². The molecule has 0 saturated carbocycles. The third-order valence-corrected chi connectivity index (χ3v) is 6.19. The summed E-state index contributed by atoms with van der Waals surface area (Å²) in [6.07, 6.45) is 0. The molecular formula is C19H12Cl4O5S. The van der Waals surface area contributed by atoms with Crippen LogP contribution in [0.25, 0.3) is 0 Å². The van der Waals surface area contributed by atoms with Gasteiger partial charge in [0.25, 0.3) is 10.1 Å². The quantitative estimate of drug-likeness (QED) is 0.299. The van der Waals surface area contributed by atoms with E-state index in [9.17, 15) is 23.2 Å². The van der Waals surface area contributed by atoms with E-state index in [4.69, 9.17) is 46.4 Å². The van der Waals surface area contributed by atoms with E-state index in [2.05, 4.69) is 0 Å². The van der Waals surface area contributed by atoms with Crippen molar-refractivity contribution in [2.24, 2.45) is 0 Å². The van der Waals surface area contributed by atoms with Gasteiger partial charge in [-0.3, -0.25) is 4.55 Å². The predicted molar refractivity (Wildman–Crippen MR) is 113 cm³/mol. The molecule has 3 aromatic rings. The minimum absolute atomic E-state index is 0.0391. The molecule has 0 aliphatic heterocycles. The predicted octanol–water partition coefficient (Wildman–Crippen LogP) is 6.14. The van der Waals surface area contributed by atoms with E-state index in [-0.39, 0.29) is 48.3 Å². The van der Waals surface area contributed by atoms with Crippen molar-refractivity contribution in [2.75, 3.05) is 0 Å². The molecule has 3 aromatic carbocycles. The summed E-state index contributed by atoms with van der Waals surface area (Å²) in [6, 6.07) is 10.9. The molecule has 0 fully saturated rings. The monoisotopic (exact) mass is 492 g/mol. The van der Waals surface area contributed by atoms with Gasteiger partial charge in [-0.25, -0.2) is 0 Å².